The lowest BCUT2D eigenvalue weighted by Crippen LogP contribution is -2.38. The zero-order valence-corrected chi connectivity index (χ0v) is 10.9. The van der Waals surface area contributed by atoms with Gasteiger partial charge in [0, 0.05) is 18.4 Å². The first-order chi connectivity index (χ1) is 8.59. The van der Waals surface area contributed by atoms with Gasteiger partial charge >= 0.3 is 0 Å². The first-order valence-corrected chi connectivity index (χ1v) is 6.68. The number of hydrogen-bond donors (Lipinski definition) is 1. The van der Waals surface area contributed by atoms with E-state index in [9.17, 15) is 9.18 Å². The van der Waals surface area contributed by atoms with Crippen LogP contribution in [0.4, 0.5) is 4.39 Å². The van der Waals surface area contributed by atoms with E-state index in [1.54, 1.807) is 12.1 Å². The highest BCUT2D eigenvalue weighted by molar-refractivity contribution is 6.30. The van der Waals surface area contributed by atoms with Gasteiger partial charge in [0.05, 0.1) is 5.02 Å². The van der Waals surface area contributed by atoms with Gasteiger partial charge in [-0.05, 0) is 24.5 Å². The molecule has 18 heavy (non-hydrogen) atoms. The van der Waals surface area contributed by atoms with E-state index >= 15 is 0 Å². The number of nitrogens with two attached hydrogens (primary N) is 1. The van der Waals surface area contributed by atoms with Crippen molar-refractivity contribution in [2.24, 2.45) is 11.7 Å². The Bertz CT molecular complexity index is 449. The fourth-order valence-electron chi connectivity index (χ4n) is 2.56. The summed E-state index contributed by atoms with van der Waals surface area (Å²) in [6.07, 6.45) is 3.90. The molecule has 0 aromatic heterocycles. The van der Waals surface area contributed by atoms with Crippen molar-refractivity contribution in [1.82, 2.24) is 0 Å². The van der Waals surface area contributed by atoms with Gasteiger partial charge in [-0.1, -0.05) is 36.6 Å². The predicted octanol–water partition coefficient (Wildman–Crippen LogP) is 3.11. The van der Waals surface area contributed by atoms with Crippen molar-refractivity contribution in [2.75, 3.05) is 0 Å². The van der Waals surface area contributed by atoms with Crippen LogP contribution in [0.1, 0.15) is 31.2 Å². The second kappa shape index (κ2) is 5.81. The van der Waals surface area contributed by atoms with Crippen LogP contribution in [0.3, 0.4) is 0 Å². The molecule has 1 aliphatic rings. The van der Waals surface area contributed by atoms with Crippen molar-refractivity contribution in [3.63, 3.8) is 0 Å². The molecule has 2 rings (SSSR count). The molecule has 0 saturated heterocycles. The Hall–Kier alpha value is -0.930. The summed E-state index contributed by atoms with van der Waals surface area (Å²) in [5.74, 6) is -0.586. The Balaban J connectivity index is 2.09. The topological polar surface area (TPSA) is 43.1 Å². The molecule has 0 aliphatic heterocycles. The molecule has 1 aromatic carbocycles. The zero-order chi connectivity index (χ0) is 13.1. The zero-order valence-electron chi connectivity index (χ0n) is 10.2. The quantitative estimate of drug-likeness (QED) is 0.916. The molecular formula is C14H17ClFNO. The fraction of sp³-hybridized carbons (Fsp3) is 0.500. The Labute approximate surface area is 111 Å². The van der Waals surface area contributed by atoms with Crippen molar-refractivity contribution in [3.8, 4) is 0 Å². The smallest absolute Gasteiger partial charge is 0.145 e. The summed E-state index contributed by atoms with van der Waals surface area (Å²) in [4.78, 5) is 12.2. The molecule has 4 heteroatoms. The van der Waals surface area contributed by atoms with Crippen LogP contribution >= 0.6 is 11.6 Å². The second-order valence-electron chi connectivity index (χ2n) is 4.91. The molecular weight excluding hydrogens is 253 g/mol. The van der Waals surface area contributed by atoms with Gasteiger partial charge in [0.25, 0.3) is 0 Å². The van der Waals surface area contributed by atoms with Crippen molar-refractivity contribution in [3.05, 3.63) is 34.6 Å². The van der Waals surface area contributed by atoms with Crippen LogP contribution in [0.2, 0.25) is 5.02 Å². The largest absolute Gasteiger partial charge is 0.327 e. The Morgan fingerprint density at radius 2 is 2.11 bits per heavy atom. The molecule has 0 amide bonds. The maximum Gasteiger partial charge on any atom is 0.145 e. The Morgan fingerprint density at radius 1 is 1.39 bits per heavy atom. The van der Waals surface area contributed by atoms with Crippen molar-refractivity contribution in [1.29, 1.82) is 0 Å². The van der Waals surface area contributed by atoms with Gasteiger partial charge in [0.2, 0.25) is 0 Å². The fourth-order valence-corrected chi connectivity index (χ4v) is 2.76. The van der Waals surface area contributed by atoms with Crippen LogP contribution in [-0.4, -0.2) is 11.8 Å². The number of benzene rings is 1. The van der Waals surface area contributed by atoms with E-state index in [4.69, 9.17) is 17.3 Å². The molecule has 0 bridgehead atoms. The molecule has 2 nitrogen and oxygen atoms in total. The highest BCUT2D eigenvalue weighted by Gasteiger charge is 2.28. The number of rotatable bonds is 3. The number of halogens is 2. The van der Waals surface area contributed by atoms with Gasteiger partial charge in [-0.25, -0.2) is 4.39 Å². The highest BCUT2D eigenvalue weighted by atomic mass is 35.5. The maximum atomic E-state index is 13.7. The summed E-state index contributed by atoms with van der Waals surface area (Å²) in [6, 6.07) is 4.67. The van der Waals surface area contributed by atoms with E-state index in [0.29, 0.717) is 5.56 Å². The third-order valence-electron chi connectivity index (χ3n) is 3.63. The molecule has 1 saturated carbocycles. The minimum atomic E-state index is -0.489. The monoisotopic (exact) mass is 269 g/mol. The number of carbonyl (C=O) groups excluding carboxylic acids is 1. The SMILES string of the molecule is NC1CCCCC1C(=O)Cc1cccc(Cl)c1F. The summed E-state index contributed by atoms with van der Waals surface area (Å²) in [7, 11) is 0. The summed E-state index contributed by atoms with van der Waals surface area (Å²) >= 11 is 5.70. The van der Waals surface area contributed by atoms with Crippen LogP contribution < -0.4 is 5.73 Å². The van der Waals surface area contributed by atoms with E-state index in [0.717, 1.165) is 25.7 Å². The number of hydrogen-bond acceptors (Lipinski definition) is 2. The predicted molar refractivity (Wildman–Crippen MR) is 70.1 cm³/mol. The molecule has 1 fully saturated rings. The van der Waals surface area contributed by atoms with Gasteiger partial charge in [0.1, 0.15) is 11.6 Å². The Kier molecular flexibility index (Phi) is 4.36. The standard InChI is InChI=1S/C14H17ClFNO/c15-11-6-3-4-9(14(11)16)8-13(18)10-5-1-2-7-12(10)17/h3-4,6,10,12H,1-2,5,7-8,17H2. The number of ketones is 1. The molecule has 1 aliphatic carbocycles. The van der Waals surface area contributed by atoms with Crippen LogP contribution in [0.25, 0.3) is 0 Å². The average Bonchev–Trinajstić information content (AvgIpc) is 2.35. The van der Waals surface area contributed by atoms with Gasteiger partial charge in [0.15, 0.2) is 0 Å². The average molecular weight is 270 g/mol. The molecule has 2 N–H and O–H groups in total. The van der Waals surface area contributed by atoms with Gasteiger partial charge < -0.3 is 5.73 Å². The van der Waals surface area contributed by atoms with E-state index in [1.807, 2.05) is 0 Å². The van der Waals surface area contributed by atoms with E-state index < -0.39 is 5.82 Å². The van der Waals surface area contributed by atoms with Gasteiger partial charge in [-0.15, -0.1) is 0 Å². The van der Waals surface area contributed by atoms with E-state index in [2.05, 4.69) is 0 Å². The third-order valence-corrected chi connectivity index (χ3v) is 3.92. The number of Topliss-reactive ketones (excluding diaryl/α,β-unsaturated/α-hetero) is 1. The minimum Gasteiger partial charge on any atom is -0.327 e. The van der Waals surface area contributed by atoms with Crippen LogP contribution in [0.5, 0.6) is 0 Å². The summed E-state index contributed by atoms with van der Waals surface area (Å²) in [6.45, 7) is 0. The lowest BCUT2D eigenvalue weighted by atomic mass is 9.80. The lowest BCUT2D eigenvalue weighted by molar-refractivity contribution is -0.123. The summed E-state index contributed by atoms with van der Waals surface area (Å²) in [5.41, 5.74) is 6.33. The van der Waals surface area contributed by atoms with Crippen molar-refractivity contribution in [2.45, 2.75) is 38.1 Å². The van der Waals surface area contributed by atoms with E-state index in [1.165, 1.54) is 6.07 Å². The number of carbonyl (C=O) groups is 1. The first kappa shape index (κ1) is 13.5. The molecule has 0 heterocycles. The minimum absolute atomic E-state index is 0.0309. The van der Waals surface area contributed by atoms with E-state index in [-0.39, 0.29) is 29.2 Å². The summed E-state index contributed by atoms with van der Waals surface area (Å²) < 4.78 is 13.7. The van der Waals surface area contributed by atoms with Gasteiger partial charge in [-0.3, -0.25) is 4.79 Å². The Morgan fingerprint density at radius 3 is 2.83 bits per heavy atom. The maximum absolute atomic E-state index is 13.7. The lowest BCUT2D eigenvalue weighted by Gasteiger charge is -2.27. The highest BCUT2D eigenvalue weighted by Crippen LogP contribution is 2.26. The second-order valence-corrected chi connectivity index (χ2v) is 5.32. The van der Waals surface area contributed by atoms with Crippen molar-refractivity contribution < 1.29 is 9.18 Å². The first-order valence-electron chi connectivity index (χ1n) is 6.31. The van der Waals surface area contributed by atoms with Crippen LogP contribution in [0.15, 0.2) is 18.2 Å². The normalized spacial score (nSPS) is 23.9. The van der Waals surface area contributed by atoms with Crippen LogP contribution in [-0.2, 0) is 11.2 Å². The van der Waals surface area contributed by atoms with Gasteiger partial charge in [-0.2, -0.15) is 0 Å². The third kappa shape index (κ3) is 2.90. The molecule has 0 spiro atoms. The summed E-state index contributed by atoms with van der Waals surface area (Å²) in [5, 5.41) is 0.0632. The molecule has 2 unspecified atom stereocenters. The van der Waals surface area contributed by atoms with Crippen molar-refractivity contribution >= 4 is 17.4 Å². The molecule has 1 aromatic rings. The molecule has 2 atom stereocenters. The molecule has 0 radical (unpaired) electrons. The molecule has 98 valence electrons. The van der Waals surface area contributed by atoms with Crippen LogP contribution in [0, 0.1) is 11.7 Å².